The first kappa shape index (κ1) is 83.5. The van der Waals surface area contributed by atoms with E-state index in [2.05, 4.69) is 55.7 Å². The van der Waals surface area contributed by atoms with Crippen LogP contribution >= 0.6 is 0 Å². The number of halogens is 10. The summed E-state index contributed by atoms with van der Waals surface area (Å²) in [7, 11) is -13.3. The first-order chi connectivity index (χ1) is 49.4. The maximum atomic E-state index is 13.5. The normalized spacial score (nSPS) is 24.3. The molecule has 10 fully saturated rings. The number of alkyl halides is 10. The van der Waals surface area contributed by atoms with E-state index in [1.165, 1.54) is 42.1 Å². The third kappa shape index (κ3) is 19.9. The fourth-order valence-corrected chi connectivity index (χ4v) is 21.0. The molecule has 10 aliphatic rings. The molecular weight excluding hydrogens is 1500 g/mol. The zero-order chi connectivity index (χ0) is 76.1. The van der Waals surface area contributed by atoms with E-state index in [0.717, 1.165) is 84.2 Å². The van der Waals surface area contributed by atoms with Gasteiger partial charge in [-0.25, -0.2) is 26.4 Å². The molecule has 8 saturated carbocycles. The summed E-state index contributed by atoms with van der Waals surface area (Å²) in [5.74, 6) is 0.564. The summed E-state index contributed by atoms with van der Waals surface area (Å²) in [6.07, 6.45) is -8.75. The fourth-order valence-electron chi connectivity index (χ4n) is 16.5. The number of aromatic carboxylic acids is 2. The number of carboxylic acid groups (broad SMARTS) is 2. The molecule has 0 spiro atoms. The van der Waals surface area contributed by atoms with Crippen molar-refractivity contribution >= 4 is 99.9 Å². The van der Waals surface area contributed by atoms with Gasteiger partial charge in [0.25, 0.3) is 12.2 Å². The largest absolute Gasteiger partial charge is 1.00 e. The van der Waals surface area contributed by atoms with Crippen molar-refractivity contribution in [3.63, 3.8) is 0 Å². The minimum atomic E-state index is -6.67. The van der Waals surface area contributed by atoms with E-state index in [1.54, 1.807) is 24.3 Å². The third-order valence-corrected chi connectivity index (χ3v) is 26.3. The Bertz CT molecular complexity index is 4030. The Morgan fingerprint density at radius 1 is 0.434 bits per heavy atom. The van der Waals surface area contributed by atoms with Crippen LogP contribution in [0.15, 0.2) is 169 Å². The second-order valence-electron chi connectivity index (χ2n) is 28.1. The Kier molecular flexibility index (Phi) is 26.9. The monoisotopic (exact) mass is 1570 g/mol. The zero-order valence-electron chi connectivity index (χ0n) is 57.4. The van der Waals surface area contributed by atoms with E-state index < -0.39 is 101 Å². The minimum Gasteiger partial charge on any atom is -0.743 e. The number of anilines is 6. The molecule has 2 saturated heterocycles. The molecule has 568 valence electrons. The van der Waals surface area contributed by atoms with Crippen LogP contribution in [-0.4, -0.2) is 122 Å². The van der Waals surface area contributed by atoms with Crippen LogP contribution in [-0.2, 0) is 61.0 Å². The molecule has 2 aliphatic heterocycles. The number of nitrogens with zero attached hydrogens (tertiary/aromatic N) is 2. The number of rotatable bonds is 17. The molecule has 8 aliphatic carbocycles. The van der Waals surface area contributed by atoms with Crippen molar-refractivity contribution in [3.8, 4) is 0 Å². The number of para-hydroxylation sites is 3. The predicted molar refractivity (Wildman–Crippen MR) is 370 cm³/mol. The fraction of sp³-hybridized carbons (Fsp3) is 0.459. The molecule has 0 aromatic heterocycles. The van der Waals surface area contributed by atoms with Gasteiger partial charge in [-0.15, -0.1) is 0 Å². The quantitative estimate of drug-likeness (QED) is 0.0282. The summed E-state index contributed by atoms with van der Waals surface area (Å²) in [5.41, 5.74) is 4.04. The van der Waals surface area contributed by atoms with Crippen molar-refractivity contribution in [2.45, 2.75) is 143 Å². The van der Waals surface area contributed by atoms with Gasteiger partial charge in [-0.3, -0.25) is 13.8 Å². The molecule has 6 aromatic rings. The molecule has 0 radical (unpaired) electrons. The van der Waals surface area contributed by atoms with E-state index in [9.17, 15) is 93.2 Å². The molecule has 17 nitrogen and oxygen atoms in total. The van der Waals surface area contributed by atoms with Crippen molar-refractivity contribution in [2.24, 2.45) is 46.3 Å². The molecule has 32 heteroatoms. The summed E-state index contributed by atoms with van der Waals surface area (Å²) >= 11 is 0. The molecule has 6 aromatic carbocycles. The van der Waals surface area contributed by atoms with E-state index in [-0.39, 0.29) is 109 Å². The Hall–Kier alpha value is -6.58. The SMILES string of the molecule is O=C(O)c1ccc(N(c2ccccc2)c2ccc([S+]3CCCC3)cc2)cc1.O=C(O)c1ccc(N(c2ccccc2)c2ccccc2)cc1.O=C(OC(C(F)(F)F)C(F)(F)S(=O)(=O)[O-])C12CC3CC(CC(C3)C1)C2.O=C(OC(C(F)(F)F)C(F)(F)S(=O)(=O)[O-])C12CC3CC(CC(C3)C1)C2.O=S1CCCC1.[Na+]. The molecule has 2 heterocycles. The van der Waals surface area contributed by atoms with Crippen LogP contribution in [0.3, 0.4) is 0 Å². The topological polar surface area (TPSA) is 265 Å². The number of carbonyl (C=O) groups excluding carboxylic acids is 2. The van der Waals surface area contributed by atoms with Crippen molar-refractivity contribution < 1.29 is 142 Å². The number of hydrogen-bond acceptors (Lipinski definition) is 15. The zero-order valence-corrected chi connectivity index (χ0v) is 62.6. The second kappa shape index (κ2) is 34.1. The standard InChI is InChI=1S/C23H21NO2S.C19H15NO2.2C14H17F5O5S.C4H8OS.Na/c25-23(26)18-8-10-20(11-9-18)24(19-6-2-1-3-7-19)21-12-14-22(15-13-21)27-16-4-5-17-27;21-19(22)15-11-13-18(14-12-15)20(16-7-3-1-4-8-16)17-9-5-2-6-10-17;2*15-13(16,17)10(14(18,19)25(21,22)23)24-11(20)12-4-7-1-8(5-12)3-9(2-7)6-12;5-6-3-1-2-4-6;/h1-3,6-15H,4-5,16-17H2;1-14H,(H,21,22);2*7-10H,1-6H2,(H,21,22,23);1-4H2;/q;;;;;+1/p-1. The van der Waals surface area contributed by atoms with Crippen molar-refractivity contribution in [1.82, 2.24) is 0 Å². The van der Waals surface area contributed by atoms with Crippen LogP contribution < -0.4 is 39.4 Å². The van der Waals surface area contributed by atoms with Crippen molar-refractivity contribution in [3.05, 3.63) is 175 Å². The van der Waals surface area contributed by atoms with Crippen LogP contribution in [0.25, 0.3) is 0 Å². The number of ether oxygens (including phenoxy) is 2. The molecule has 0 amide bonds. The van der Waals surface area contributed by atoms with Crippen LogP contribution in [0.1, 0.15) is 123 Å². The van der Waals surface area contributed by atoms with E-state index in [4.69, 9.17) is 10.2 Å². The Morgan fingerprint density at radius 2 is 0.689 bits per heavy atom. The maximum absolute atomic E-state index is 13.5. The van der Waals surface area contributed by atoms with Gasteiger partial charge in [0.05, 0.1) is 22.0 Å². The molecule has 16 rings (SSSR count). The molecular formula is C74H77F10N2NaO15S4. The van der Waals surface area contributed by atoms with Gasteiger partial charge in [0, 0.05) is 67.3 Å². The van der Waals surface area contributed by atoms with Gasteiger partial charge in [0.2, 0.25) is 0 Å². The smallest absolute Gasteiger partial charge is 0.743 e. The van der Waals surface area contributed by atoms with Crippen molar-refractivity contribution in [2.75, 3.05) is 32.8 Å². The summed E-state index contributed by atoms with van der Waals surface area (Å²) in [6, 6.07) is 52.9. The van der Waals surface area contributed by atoms with Crippen LogP contribution in [0.4, 0.5) is 78.0 Å². The van der Waals surface area contributed by atoms with Crippen LogP contribution in [0, 0.1) is 46.3 Å². The molecule has 8 bridgehead atoms. The third-order valence-electron chi connectivity index (χ3n) is 20.5. The van der Waals surface area contributed by atoms with Crippen LogP contribution in [0.2, 0.25) is 0 Å². The summed E-state index contributed by atoms with van der Waals surface area (Å²) < 4.78 is 213. The predicted octanol–water partition coefficient (Wildman–Crippen LogP) is 13.6. The minimum absolute atomic E-state index is 0. The summed E-state index contributed by atoms with van der Waals surface area (Å²) in [6.45, 7) is 0. The number of benzene rings is 6. The van der Waals surface area contributed by atoms with E-state index in [0.29, 0.717) is 16.5 Å². The molecule has 2 N–H and O–H groups in total. The Balaban J connectivity index is 0.000000159. The summed E-state index contributed by atoms with van der Waals surface area (Å²) in [5, 5.41) is 6.63. The van der Waals surface area contributed by atoms with Gasteiger partial charge in [-0.1, -0.05) is 54.6 Å². The number of carbonyl (C=O) groups is 4. The van der Waals surface area contributed by atoms with E-state index in [1.807, 2.05) is 103 Å². The van der Waals surface area contributed by atoms with Gasteiger partial charge in [-0.05, 0) is 247 Å². The number of carboxylic acids is 2. The van der Waals surface area contributed by atoms with Crippen molar-refractivity contribution in [1.29, 1.82) is 0 Å². The number of hydrogen-bond donors (Lipinski definition) is 2. The first-order valence-electron chi connectivity index (χ1n) is 34.1. The first-order valence-corrected chi connectivity index (χ1v) is 40.0. The van der Waals surface area contributed by atoms with Gasteiger partial charge >= 0.3 is 76.3 Å². The maximum Gasteiger partial charge on any atom is 1.00 e. The molecule has 2 atom stereocenters. The second-order valence-corrected chi connectivity index (χ2v) is 35.0. The number of esters is 2. The van der Waals surface area contributed by atoms with Gasteiger partial charge < -0.3 is 38.6 Å². The molecule has 2 unspecified atom stereocenters. The Morgan fingerprint density at radius 3 is 0.915 bits per heavy atom. The van der Waals surface area contributed by atoms with Gasteiger partial charge in [0.15, 0.2) is 25.1 Å². The van der Waals surface area contributed by atoms with Gasteiger partial charge in [-0.2, -0.15) is 43.9 Å². The average molecular weight is 1580 g/mol. The Labute approximate surface area is 634 Å². The van der Waals surface area contributed by atoms with E-state index >= 15 is 0 Å². The summed E-state index contributed by atoms with van der Waals surface area (Å²) in [4.78, 5) is 52.6. The molecule has 106 heavy (non-hydrogen) atoms. The van der Waals surface area contributed by atoms with Crippen LogP contribution in [0.5, 0.6) is 0 Å². The average Bonchev–Trinajstić information content (AvgIpc) is 0.780. The van der Waals surface area contributed by atoms with Gasteiger partial charge in [0.1, 0.15) is 11.5 Å².